The second-order valence-corrected chi connectivity index (χ2v) is 8.22. The van der Waals surface area contributed by atoms with Crippen LogP contribution in [0.5, 0.6) is 0 Å². The first kappa shape index (κ1) is 18.0. The van der Waals surface area contributed by atoms with Gasteiger partial charge >= 0.3 is 0 Å². The first-order valence-corrected chi connectivity index (χ1v) is 9.97. The van der Waals surface area contributed by atoms with Crippen LogP contribution in [0, 0.1) is 11.8 Å². The number of aliphatic hydroxyl groups is 1. The molecule has 3 fully saturated rings. The lowest BCUT2D eigenvalue weighted by atomic mass is 9.86. The van der Waals surface area contributed by atoms with Crippen LogP contribution in [0.1, 0.15) is 24.8 Å². The lowest BCUT2D eigenvalue weighted by molar-refractivity contribution is -0.137. The highest BCUT2D eigenvalue weighted by molar-refractivity contribution is 5.91. The van der Waals surface area contributed by atoms with Gasteiger partial charge in [0, 0.05) is 39.3 Å². The Labute approximate surface area is 155 Å². The van der Waals surface area contributed by atoms with Gasteiger partial charge in [-0.25, -0.2) is 0 Å². The zero-order chi connectivity index (χ0) is 18.0. The fourth-order valence-corrected chi connectivity index (χ4v) is 4.71. The molecule has 0 unspecified atom stereocenters. The van der Waals surface area contributed by atoms with Gasteiger partial charge in [-0.2, -0.15) is 0 Å². The molecule has 26 heavy (non-hydrogen) atoms. The molecule has 3 aliphatic rings. The molecule has 1 aromatic carbocycles. The molecule has 2 atom stereocenters. The van der Waals surface area contributed by atoms with E-state index in [-0.39, 0.29) is 23.8 Å². The number of likely N-dealkylation sites (tertiary alicyclic amines) is 1. The number of hydrogen-bond acceptors (Lipinski definition) is 4. The Bertz CT molecular complexity index is 611. The van der Waals surface area contributed by atoms with E-state index in [1.54, 1.807) is 0 Å². The van der Waals surface area contributed by atoms with Crippen LogP contribution in [0.15, 0.2) is 30.3 Å². The van der Waals surface area contributed by atoms with Crippen molar-refractivity contribution in [3.05, 3.63) is 35.9 Å². The Kier molecular flexibility index (Phi) is 5.30. The number of amides is 1. The third-order valence-electron chi connectivity index (χ3n) is 6.28. The highest BCUT2D eigenvalue weighted by Gasteiger charge is 2.53. The molecule has 1 aliphatic carbocycles. The van der Waals surface area contributed by atoms with Crippen molar-refractivity contribution in [2.24, 2.45) is 11.8 Å². The summed E-state index contributed by atoms with van der Waals surface area (Å²) in [7, 11) is 0. The lowest BCUT2D eigenvalue weighted by Crippen LogP contribution is -2.51. The fourth-order valence-electron chi connectivity index (χ4n) is 4.71. The standard InChI is InChI=1S/C21H30N2O3/c24-16-18-12-17(13-22-8-10-26-11-9-22)14-23(15-18)20(25)21(6-7-21)19-4-2-1-3-5-19/h1-5,17-18,24H,6-16H2/t17-,18-/m1/s1. The third-order valence-corrected chi connectivity index (χ3v) is 6.28. The molecule has 2 aliphatic heterocycles. The summed E-state index contributed by atoms with van der Waals surface area (Å²) in [6.07, 6.45) is 2.91. The average molecular weight is 358 g/mol. The minimum atomic E-state index is -0.303. The van der Waals surface area contributed by atoms with Crippen molar-refractivity contribution in [2.45, 2.75) is 24.7 Å². The predicted molar refractivity (Wildman–Crippen MR) is 99.9 cm³/mol. The van der Waals surface area contributed by atoms with Gasteiger partial charge in [-0.15, -0.1) is 0 Å². The number of morpholine rings is 1. The summed E-state index contributed by atoms with van der Waals surface area (Å²) in [6, 6.07) is 10.2. The van der Waals surface area contributed by atoms with Crippen molar-refractivity contribution in [1.82, 2.24) is 9.80 Å². The van der Waals surface area contributed by atoms with Gasteiger partial charge in [0.2, 0.25) is 5.91 Å². The van der Waals surface area contributed by atoms with Crippen LogP contribution in [0.4, 0.5) is 0 Å². The normalized spacial score (nSPS) is 28.7. The van der Waals surface area contributed by atoms with Crippen molar-refractivity contribution in [3.8, 4) is 0 Å². The number of hydrogen-bond donors (Lipinski definition) is 1. The van der Waals surface area contributed by atoms with Gasteiger partial charge in [-0.1, -0.05) is 30.3 Å². The predicted octanol–water partition coefficient (Wildman–Crippen LogP) is 1.51. The molecule has 1 aromatic rings. The lowest BCUT2D eigenvalue weighted by Gasteiger charge is -2.41. The van der Waals surface area contributed by atoms with Crippen LogP contribution in [-0.2, 0) is 14.9 Å². The minimum absolute atomic E-state index is 0.168. The molecular formula is C21H30N2O3. The molecule has 5 heteroatoms. The minimum Gasteiger partial charge on any atom is -0.396 e. The summed E-state index contributed by atoms with van der Waals surface area (Å²) >= 11 is 0. The second-order valence-electron chi connectivity index (χ2n) is 8.22. The quantitative estimate of drug-likeness (QED) is 0.867. The molecule has 1 saturated carbocycles. The maximum Gasteiger partial charge on any atom is 0.233 e. The van der Waals surface area contributed by atoms with Crippen molar-refractivity contribution in [2.75, 3.05) is 52.5 Å². The molecule has 4 rings (SSSR count). The number of ether oxygens (including phenoxy) is 1. The van der Waals surface area contributed by atoms with Gasteiger partial charge in [0.15, 0.2) is 0 Å². The highest BCUT2D eigenvalue weighted by atomic mass is 16.5. The summed E-state index contributed by atoms with van der Waals surface area (Å²) in [6.45, 7) is 6.24. The maximum atomic E-state index is 13.4. The highest BCUT2D eigenvalue weighted by Crippen LogP contribution is 2.50. The summed E-state index contributed by atoms with van der Waals surface area (Å²) in [4.78, 5) is 17.9. The number of nitrogens with zero attached hydrogens (tertiary/aromatic N) is 2. The third kappa shape index (κ3) is 3.66. The number of piperidine rings is 1. The number of carbonyl (C=O) groups is 1. The summed E-state index contributed by atoms with van der Waals surface area (Å²) in [5.41, 5.74) is 0.850. The molecular weight excluding hydrogens is 328 g/mol. The SMILES string of the molecule is O=C(N1C[C@H](CO)C[C@H](CN2CCOCC2)C1)C1(c2ccccc2)CC1. The molecule has 0 spiro atoms. The van der Waals surface area contributed by atoms with E-state index in [9.17, 15) is 9.90 Å². The fraction of sp³-hybridized carbons (Fsp3) is 0.667. The number of rotatable bonds is 5. The van der Waals surface area contributed by atoms with Crippen molar-refractivity contribution < 1.29 is 14.6 Å². The molecule has 2 saturated heterocycles. The molecule has 1 N–H and O–H groups in total. The number of benzene rings is 1. The van der Waals surface area contributed by atoms with E-state index in [0.29, 0.717) is 12.5 Å². The van der Waals surface area contributed by atoms with Gasteiger partial charge in [-0.3, -0.25) is 9.69 Å². The molecule has 142 valence electrons. The van der Waals surface area contributed by atoms with Crippen molar-refractivity contribution in [3.63, 3.8) is 0 Å². The van der Waals surface area contributed by atoms with Gasteiger partial charge in [0.25, 0.3) is 0 Å². The molecule has 0 bridgehead atoms. The van der Waals surface area contributed by atoms with Gasteiger partial charge in [-0.05, 0) is 36.7 Å². The molecule has 1 amide bonds. The summed E-state index contributed by atoms with van der Waals surface area (Å²) in [5, 5.41) is 9.78. The van der Waals surface area contributed by atoms with Gasteiger partial charge < -0.3 is 14.7 Å². The van der Waals surface area contributed by atoms with E-state index in [4.69, 9.17) is 4.74 Å². The van der Waals surface area contributed by atoms with E-state index < -0.39 is 0 Å². The van der Waals surface area contributed by atoms with Crippen LogP contribution >= 0.6 is 0 Å². The number of carbonyl (C=O) groups excluding carboxylic acids is 1. The zero-order valence-electron chi connectivity index (χ0n) is 15.5. The summed E-state index contributed by atoms with van der Waals surface area (Å²) in [5.74, 6) is 0.911. The van der Waals surface area contributed by atoms with Crippen molar-refractivity contribution in [1.29, 1.82) is 0 Å². The van der Waals surface area contributed by atoms with Crippen LogP contribution < -0.4 is 0 Å². The summed E-state index contributed by atoms with van der Waals surface area (Å²) < 4.78 is 5.45. The monoisotopic (exact) mass is 358 g/mol. The first-order valence-electron chi connectivity index (χ1n) is 9.97. The Balaban J connectivity index is 1.45. The molecule has 0 radical (unpaired) electrons. The van der Waals surface area contributed by atoms with E-state index in [0.717, 1.165) is 64.2 Å². The van der Waals surface area contributed by atoms with Crippen LogP contribution in [0.2, 0.25) is 0 Å². The van der Waals surface area contributed by atoms with E-state index in [1.165, 1.54) is 0 Å². The zero-order valence-corrected chi connectivity index (χ0v) is 15.5. The van der Waals surface area contributed by atoms with E-state index in [2.05, 4.69) is 21.9 Å². The van der Waals surface area contributed by atoms with E-state index >= 15 is 0 Å². The Morgan fingerprint density at radius 3 is 2.46 bits per heavy atom. The van der Waals surface area contributed by atoms with Gasteiger partial charge in [0.05, 0.1) is 18.6 Å². The molecule has 5 nitrogen and oxygen atoms in total. The first-order chi connectivity index (χ1) is 12.7. The van der Waals surface area contributed by atoms with Crippen LogP contribution in [0.25, 0.3) is 0 Å². The van der Waals surface area contributed by atoms with Crippen LogP contribution in [0.3, 0.4) is 0 Å². The van der Waals surface area contributed by atoms with E-state index in [1.807, 2.05) is 18.2 Å². The Morgan fingerprint density at radius 2 is 1.81 bits per heavy atom. The van der Waals surface area contributed by atoms with Crippen LogP contribution in [-0.4, -0.2) is 73.4 Å². The smallest absolute Gasteiger partial charge is 0.233 e. The average Bonchev–Trinajstić information content (AvgIpc) is 3.50. The Morgan fingerprint density at radius 1 is 1.12 bits per heavy atom. The largest absolute Gasteiger partial charge is 0.396 e. The molecule has 0 aromatic heterocycles. The topological polar surface area (TPSA) is 53.0 Å². The second kappa shape index (κ2) is 7.67. The molecule has 2 heterocycles. The number of aliphatic hydroxyl groups excluding tert-OH is 1. The van der Waals surface area contributed by atoms with Crippen molar-refractivity contribution >= 4 is 5.91 Å². The Hall–Kier alpha value is -1.43. The van der Waals surface area contributed by atoms with Gasteiger partial charge in [0.1, 0.15) is 0 Å². The maximum absolute atomic E-state index is 13.4.